The van der Waals surface area contributed by atoms with Gasteiger partial charge in [0.15, 0.2) is 11.6 Å². The van der Waals surface area contributed by atoms with Crippen LogP contribution in [0.1, 0.15) is 12.8 Å². The summed E-state index contributed by atoms with van der Waals surface area (Å²) in [5.74, 6) is -1.32. The molecular weight excluding hydrogens is 264 g/mol. The second-order valence-electron chi connectivity index (χ2n) is 4.61. The Morgan fingerprint density at radius 2 is 1.90 bits per heavy atom. The summed E-state index contributed by atoms with van der Waals surface area (Å²) >= 11 is 0. The van der Waals surface area contributed by atoms with Crippen LogP contribution in [0.15, 0.2) is 24.8 Å². The van der Waals surface area contributed by atoms with Crippen LogP contribution in [0, 0.1) is 11.6 Å². The molecule has 1 aromatic carbocycles. The third-order valence-corrected chi connectivity index (χ3v) is 3.10. The Balaban J connectivity index is 2.13. The van der Waals surface area contributed by atoms with Gasteiger partial charge in [-0.05, 0) is 25.0 Å². The molecule has 108 valence electrons. The van der Waals surface area contributed by atoms with Gasteiger partial charge in [0.1, 0.15) is 5.69 Å². The van der Waals surface area contributed by atoms with E-state index in [0.29, 0.717) is 13.1 Å². The van der Waals surface area contributed by atoms with Gasteiger partial charge in [-0.2, -0.15) is 0 Å². The standard InChI is InChI=1S/C14H17F2N3O/c1-2-5-17-14(20)18-10-8-11(15)13(12(16)9-10)19-6-3-4-7-19/h2,8-9H,1,3-7H2,(H2,17,18,20). The van der Waals surface area contributed by atoms with Gasteiger partial charge in [0.25, 0.3) is 0 Å². The highest BCUT2D eigenvalue weighted by atomic mass is 19.1. The number of nitrogens with zero attached hydrogens (tertiary/aromatic N) is 1. The molecule has 6 heteroatoms. The molecule has 20 heavy (non-hydrogen) atoms. The van der Waals surface area contributed by atoms with E-state index in [-0.39, 0.29) is 17.9 Å². The Hall–Kier alpha value is -2.11. The molecule has 0 radical (unpaired) electrons. The molecule has 2 amide bonds. The van der Waals surface area contributed by atoms with E-state index in [2.05, 4.69) is 17.2 Å². The van der Waals surface area contributed by atoms with E-state index in [0.717, 1.165) is 25.0 Å². The number of rotatable bonds is 4. The van der Waals surface area contributed by atoms with E-state index in [1.54, 1.807) is 4.90 Å². The van der Waals surface area contributed by atoms with Crippen molar-refractivity contribution in [2.24, 2.45) is 0 Å². The summed E-state index contributed by atoms with van der Waals surface area (Å²) in [5.41, 5.74) is 0.0732. The van der Waals surface area contributed by atoms with E-state index in [4.69, 9.17) is 0 Å². The van der Waals surface area contributed by atoms with E-state index in [9.17, 15) is 13.6 Å². The maximum Gasteiger partial charge on any atom is 0.319 e. The quantitative estimate of drug-likeness (QED) is 0.833. The van der Waals surface area contributed by atoms with Gasteiger partial charge in [-0.1, -0.05) is 6.08 Å². The van der Waals surface area contributed by atoms with E-state index < -0.39 is 17.7 Å². The average Bonchev–Trinajstić information content (AvgIpc) is 2.89. The van der Waals surface area contributed by atoms with Crippen molar-refractivity contribution in [2.75, 3.05) is 29.9 Å². The molecule has 0 aliphatic carbocycles. The first kappa shape index (κ1) is 14.3. The zero-order valence-electron chi connectivity index (χ0n) is 11.1. The van der Waals surface area contributed by atoms with E-state index in [1.165, 1.54) is 6.08 Å². The van der Waals surface area contributed by atoms with Crippen molar-refractivity contribution in [1.82, 2.24) is 5.32 Å². The molecule has 1 fully saturated rings. The molecule has 1 saturated heterocycles. The highest BCUT2D eigenvalue weighted by molar-refractivity contribution is 5.89. The Labute approximate surface area is 116 Å². The molecule has 0 spiro atoms. The number of carbonyl (C=O) groups is 1. The maximum absolute atomic E-state index is 14.0. The molecule has 2 rings (SSSR count). The van der Waals surface area contributed by atoms with Gasteiger partial charge in [0.2, 0.25) is 0 Å². The van der Waals surface area contributed by atoms with Crippen LogP contribution in [0.5, 0.6) is 0 Å². The summed E-state index contributed by atoms with van der Waals surface area (Å²) < 4.78 is 28.0. The fraction of sp³-hybridized carbons (Fsp3) is 0.357. The van der Waals surface area contributed by atoms with Crippen LogP contribution in [0.25, 0.3) is 0 Å². The summed E-state index contributed by atoms with van der Waals surface area (Å²) in [6, 6.07) is 1.73. The summed E-state index contributed by atoms with van der Waals surface area (Å²) in [4.78, 5) is 13.1. The molecule has 1 heterocycles. The van der Waals surface area contributed by atoms with Crippen molar-refractivity contribution in [3.05, 3.63) is 36.4 Å². The number of halogens is 2. The number of amides is 2. The molecule has 0 unspecified atom stereocenters. The Morgan fingerprint density at radius 3 is 2.45 bits per heavy atom. The molecular formula is C14H17F2N3O. The van der Waals surface area contributed by atoms with Crippen molar-refractivity contribution < 1.29 is 13.6 Å². The van der Waals surface area contributed by atoms with Crippen LogP contribution < -0.4 is 15.5 Å². The molecule has 4 nitrogen and oxygen atoms in total. The predicted molar refractivity (Wildman–Crippen MR) is 75.0 cm³/mol. The fourth-order valence-corrected chi connectivity index (χ4v) is 2.22. The van der Waals surface area contributed by atoms with Crippen molar-refractivity contribution in [3.8, 4) is 0 Å². The maximum atomic E-state index is 14.0. The molecule has 0 saturated carbocycles. The average molecular weight is 281 g/mol. The van der Waals surface area contributed by atoms with Crippen LogP contribution in [0.4, 0.5) is 25.0 Å². The van der Waals surface area contributed by atoms with Gasteiger partial charge in [-0.3, -0.25) is 0 Å². The first-order valence-corrected chi connectivity index (χ1v) is 6.51. The fourth-order valence-electron chi connectivity index (χ4n) is 2.22. The monoisotopic (exact) mass is 281 g/mol. The molecule has 1 aliphatic heterocycles. The van der Waals surface area contributed by atoms with E-state index >= 15 is 0 Å². The number of carbonyl (C=O) groups excluding carboxylic acids is 1. The lowest BCUT2D eigenvalue weighted by Gasteiger charge is -2.19. The summed E-state index contributed by atoms with van der Waals surface area (Å²) in [5, 5.41) is 4.85. The smallest absolute Gasteiger partial charge is 0.319 e. The van der Waals surface area contributed by atoms with Gasteiger partial charge in [0.05, 0.1) is 0 Å². The predicted octanol–water partition coefficient (Wildman–Crippen LogP) is 2.87. The van der Waals surface area contributed by atoms with Crippen molar-refractivity contribution in [3.63, 3.8) is 0 Å². The molecule has 1 aliphatic rings. The minimum atomic E-state index is -0.661. The highest BCUT2D eigenvalue weighted by Crippen LogP contribution is 2.29. The normalized spacial score (nSPS) is 14.2. The zero-order chi connectivity index (χ0) is 14.5. The number of benzene rings is 1. The summed E-state index contributed by atoms with van der Waals surface area (Å²) in [6.07, 6.45) is 3.38. The van der Waals surface area contributed by atoms with Crippen molar-refractivity contribution in [2.45, 2.75) is 12.8 Å². The summed E-state index contributed by atoms with van der Waals surface area (Å²) in [7, 11) is 0. The first-order valence-electron chi connectivity index (χ1n) is 6.51. The second kappa shape index (κ2) is 6.36. The molecule has 0 aromatic heterocycles. The SMILES string of the molecule is C=CCNC(=O)Nc1cc(F)c(N2CCCC2)c(F)c1. The largest absolute Gasteiger partial charge is 0.367 e. The minimum absolute atomic E-state index is 0.0143. The van der Waals surface area contributed by atoms with Gasteiger partial charge in [0, 0.05) is 25.3 Å². The first-order chi connectivity index (χ1) is 9.61. The second-order valence-corrected chi connectivity index (χ2v) is 4.61. The van der Waals surface area contributed by atoms with Crippen LogP contribution in [-0.2, 0) is 0 Å². The van der Waals surface area contributed by atoms with Crippen LogP contribution in [0.2, 0.25) is 0 Å². The molecule has 0 atom stereocenters. The topological polar surface area (TPSA) is 44.4 Å². The van der Waals surface area contributed by atoms with Gasteiger partial charge in [-0.15, -0.1) is 6.58 Å². The van der Waals surface area contributed by atoms with E-state index in [1.807, 2.05) is 0 Å². The number of hydrogen-bond donors (Lipinski definition) is 2. The highest BCUT2D eigenvalue weighted by Gasteiger charge is 2.21. The summed E-state index contributed by atoms with van der Waals surface area (Å²) in [6.45, 7) is 5.04. The third-order valence-electron chi connectivity index (χ3n) is 3.10. The minimum Gasteiger partial charge on any atom is -0.367 e. The zero-order valence-corrected chi connectivity index (χ0v) is 11.1. The Kier molecular flexibility index (Phi) is 4.55. The molecule has 1 aromatic rings. The third kappa shape index (κ3) is 3.26. The lowest BCUT2D eigenvalue weighted by Crippen LogP contribution is -2.29. The molecule has 2 N–H and O–H groups in total. The lowest BCUT2D eigenvalue weighted by atomic mass is 10.2. The van der Waals surface area contributed by atoms with Crippen LogP contribution in [0.3, 0.4) is 0 Å². The Bertz CT molecular complexity index is 490. The van der Waals surface area contributed by atoms with Gasteiger partial charge in [-0.25, -0.2) is 13.6 Å². The number of nitrogens with one attached hydrogen (secondary N) is 2. The number of hydrogen-bond acceptors (Lipinski definition) is 2. The molecule has 0 bridgehead atoms. The number of urea groups is 1. The van der Waals surface area contributed by atoms with Gasteiger partial charge >= 0.3 is 6.03 Å². The van der Waals surface area contributed by atoms with Gasteiger partial charge < -0.3 is 15.5 Å². The van der Waals surface area contributed by atoms with Crippen molar-refractivity contribution in [1.29, 1.82) is 0 Å². The number of anilines is 2. The Morgan fingerprint density at radius 1 is 1.30 bits per heavy atom. The van der Waals surface area contributed by atoms with Crippen LogP contribution in [-0.4, -0.2) is 25.7 Å². The van der Waals surface area contributed by atoms with Crippen LogP contribution >= 0.6 is 0 Å². The lowest BCUT2D eigenvalue weighted by molar-refractivity contribution is 0.253. The van der Waals surface area contributed by atoms with Crippen molar-refractivity contribution >= 4 is 17.4 Å².